The number of esters is 1. The summed E-state index contributed by atoms with van der Waals surface area (Å²) in [5.74, 6) is -1.45. The number of nitrogens with two attached hydrogens (primary N) is 1. The first-order valence-electron chi connectivity index (χ1n) is 6.17. The second-order valence-electron chi connectivity index (χ2n) is 4.16. The Balaban J connectivity index is 3.23. The Labute approximate surface area is 116 Å². The third-order valence-electron chi connectivity index (χ3n) is 2.62. The van der Waals surface area contributed by atoms with Crippen molar-refractivity contribution < 1.29 is 24.2 Å². The van der Waals surface area contributed by atoms with Gasteiger partial charge in [0.25, 0.3) is 5.91 Å². The summed E-state index contributed by atoms with van der Waals surface area (Å²) < 4.78 is 10.0. The summed E-state index contributed by atoms with van der Waals surface area (Å²) in [5.41, 5.74) is 3.39. The number of hydrogen-bond donors (Lipinski definition) is 2. The van der Waals surface area contributed by atoms with Crippen molar-refractivity contribution in [2.45, 2.75) is 26.4 Å². The topological polar surface area (TPSA) is 112 Å². The molecule has 0 aliphatic rings. The molecule has 7 heteroatoms. The Morgan fingerprint density at radius 3 is 2.55 bits per heavy atom. The van der Waals surface area contributed by atoms with Crippen LogP contribution in [0.5, 0.6) is 5.75 Å². The van der Waals surface area contributed by atoms with E-state index in [0.717, 1.165) is 0 Å². The first-order chi connectivity index (χ1) is 9.34. The lowest BCUT2D eigenvalue weighted by atomic mass is 9.97. The Morgan fingerprint density at radius 1 is 1.40 bits per heavy atom. The first kappa shape index (κ1) is 15.9. The SMILES string of the molecule is CCOC(=O)C(C)(O)c1cnc(C(N)=O)c(OCC)c1. The van der Waals surface area contributed by atoms with E-state index >= 15 is 0 Å². The summed E-state index contributed by atoms with van der Waals surface area (Å²) in [4.78, 5) is 26.8. The largest absolute Gasteiger partial charge is 0.491 e. The van der Waals surface area contributed by atoms with Gasteiger partial charge in [-0.2, -0.15) is 0 Å². The van der Waals surface area contributed by atoms with Crippen molar-refractivity contribution in [3.63, 3.8) is 0 Å². The van der Waals surface area contributed by atoms with Gasteiger partial charge in [-0.05, 0) is 26.8 Å². The predicted octanol–water partition coefficient (Wildman–Crippen LogP) is 0.350. The van der Waals surface area contributed by atoms with Crippen LogP contribution in [0.15, 0.2) is 12.3 Å². The molecule has 20 heavy (non-hydrogen) atoms. The molecule has 1 atom stereocenters. The fourth-order valence-corrected chi connectivity index (χ4v) is 1.55. The average molecular weight is 282 g/mol. The Hall–Kier alpha value is -2.15. The zero-order chi connectivity index (χ0) is 15.3. The van der Waals surface area contributed by atoms with Gasteiger partial charge in [0.2, 0.25) is 0 Å². The molecule has 3 N–H and O–H groups in total. The highest BCUT2D eigenvalue weighted by molar-refractivity contribution is 5.93. The lowest BCUT2D eigenvalue weighted by molar-refractivity contribution is -0.164. The van der Waals surface area contributed by atoms with Gasteiger partial charge in [0.1, 0.15) is 0 Å². The summed E-state index contributed by atoms with van der Waals surface area (Å²) in [6, 6.07) is 1.35. The third kappa shape index (κ3) is 3.24. The Bertz CT molecular complexity index is 513. The normalized spacial score (nSPS) is 13.4. The van der Waals surface area contributed by atoms with Gasteiger partial charge in [-0.3, -0.25) is 4.79 Å². The van der Waals surface area contributed by atoms with Crippen LogP contribution in [-0.4, -0.2) is 35.2 Å². The van der Waals surface area contributed by atoms with Crippen LogP contribution < -0.4 is 10.5 Å². The van der Waals surface area contributed by atoms with Gasteiger partial charge in [-0.15, -0.1) is 0 Å². The molecule has 0 aliphatic heterocycles. The van der Waals surface area contributed by atoms with Crippen LogP contribution in [0, 0.1) is 0 Å². The number of pyridine rings is 1. The van der Waals surface area contributed by atoms with Crippen molar-refractivity contribution in [2.75, 3.05) is 13.2 Å². The molecule has 0 spiro atoms. The minimum absolute atomic E-state index is 0.0599. The molecule has 1 amide bonds. The molecule has 1 rings (SSSR count). The van der Waals surface area contributed by atoms with E-state index in [4.69, 9.17) is 15.2 Å². The number of nitrogens with zero attached hydrogens (tertiary/aromatic N) is 1. The zero-order valence-corrected chi connectivity index (χ0v) is 11.7. The highest BCUT2D eigenvalue weighted by Crippen LogP contribution is 2.27. The van der Waals surface area contributed by atoms with Crippen LogP contribution in [0.25, 0.3) is 0 Å². The number of amides is 1. The van der Waals surface area contributed by atoms with Gasteiger partial charge in [-0.25, -0.2) is 9.78 Å². The molecule has 0 bridgehead atoms. The van der Waals surface area contributed by atoms with Crippen LogP contribution in [-0.2, 0) is 15.1 Å². The number of primary amides is 1. The van der Waals surface area contributed by atoms with E-state index < -0.39 is 17.5 Å². The van der Waals surface area contributed by atoms with E-state index in [0.29, 0.717) is 0 Å². The number of aliphatic hydroxyl groups is 1. The van der Waals surface area contributed by atoms with Crippen molar-refractivity contribution in [1.29, 1.82) is 0 Å². The number of ether oxygens (including phenoxy) is 2. The highest BCUT2D eigenvalue weighted by atomic mass is 16.5. The molecule has 1 aromatic heterocycles. The molecule has 0 fully saturated rings. The number of aromatic nitrogens is 1. The molecule has 0 saturated heterocycles. The fraction of sp³-hybridized carbons (Fsp3) is 0.462. The van der Waals surface area contributed by atoms with Crippen molar-refractivity contribution in [1.82, 2.24) is 4.98 Å². The molecule has 0 saturated carbocycles. The van der Waals surface area contributed by atoms with Crippen LogP contribution in [0.2, 0.25) is 0 Å². The van der Waals surface area contributed by atoms with Crippen molar-refractivity contribution in [3.05, 3.63) is 23.5 Å². The summed E-state index contributed by atoms with van der Waals surface area (Å²) in [6.45, 7) is 5.06. The van der Waals surface area contributed by atoms with Gasteiger partial charge >= 0.3 is 5.97 Å². The molecule has 7 nitrogen and oxygen atoms in total. The molecule has 1 aromatic rings. The molecule has 0 aromatic carbocycles. The highest BCUT2D eigenvalue weighted by Gasteiger charge is 2.35. The maximum atomic E-state index is 11.7. The van der Waals surface area contributed by atoms with Crippen molar-refractivity contribution >= 4 is 11.9 Å². The molecular weight excluding hydrogens is 264 g/mol. The van der Waals surface area contributed by atoms with Crippen molar-refractivity contribution in [3.8, 4) is 5.75 Å². The van der Waals surface area contributed by atoms with E-state index in [-0.39, 0.29) is 30.2 Å². The van der Waals surface area contributed by atoms with Crippen LogP contribution in [0.4, 0.5) is 0 Å². The summed E-state index contributed by atoms with van der Waals surface area (Å²) in [7, 11) is 0. The quantitative estimate of drug-likeness (QED) is 0.728. The van der Waals surface area contributed by atoms with E-state index in [2.05, 4.69) is 4.98 Å². The lowest BCUT2D eigenvalue weighted by Gasteiger charge is -2.22. The minimum Gasteiger partial charge on any atom is -0.491 e. The lowest BCUT2D eigenvalue weighted by Crippen LogP contribution is -2.34. The van der Waals surface area contributed by atoms with Gasteiger partial charge in [0.15, 0.2) is 17.0 Å². The van der Waals surface area contributed by atoms with Crippen LogP contribution >= 0.6 is 0 Å². The molecule has 110 valence electrons. The minimum atomic E-state index is -1.88. The molecule has 0 radical (unpaired) electrons. The Morgan fingerprint density at radius 2 is 2.05 bits per heavy atom. The number of hydrogen-bond acceptors (Lipinski definition) is 6. The van der Waals surface area contributed by atoms with Gasteiger partial charge in [0.05, 0.1) is 13.2 Å². The molecule has 0 aliphatic carbocycles. The fourth-order valence-electron chi connectivity index (χ4n) is 1.55. The summed E-state index contributed by atoms with van der Waals surface area (Å²) in [6.07, 6.45) is 1.19. The molecular formula is C13H18N2O5. The van der Waals surface area contributed by atoms with Crippen molar-refractivity contribution in [2.24, 2.45) is 5.73 Å². The second-order valence-corrected chi connectivity index (χ2v) is 4.16. The Kier molecular flexibility index (Phi) is 5.04. The first-order valence-corrected chi connectivity index (χ1v) is 6.17. The molecule has 1 unspecified atom stereocenters. The van der Waals surface area contributed by atoms with Crippen LogP contribution in [0.1, 0.15) is 36.8 Å². The smallest absolute Gasteiger partial charge is 0.342 e. The number of carbonyl (C=O) groups excluding carboxylic acids is 2. The average Bonchev–Trinajstić information content (AvgIpc) is 2.39. The van der Waals surface area contributed by atoms with E-state index in [1.165, 1.54) is 19.2 Å². The van der Waals surface area contributed by atoms with Gasteiger partial charge in [-0.1, -0.05) is 0 Å². The number of carbonyl (C=O) groups is 2. The maximum Gasteiger partial charge on any atom is 0.342 e. The molecule has 1 heterocycles. The van der Waals surface area contributed by atoms with Gasteiger partial charge < -0.3 is 20.3 Å². The number of rotatable bonds is 6. The van der Waals surface area contributed by atoms with Gasteiger partial charge in [0, 0.05) is 11.8 Å². The standard InChI is InChI=1S/C13H18N2O5/c1-4-19-9-6-8(7-15-10(9)11(14)16)13(3,18)12(17)20-5-2/h6-7,18H,4-5H2,1-3H3,(H2,14,16). The maximum absolute atomic E-state index is 11.7. The zero-order valence-electron chi connectivity index (χ0n) is 11.7. The monoisotopic (exact) mass is 282 g/mol. The van der Waals surface area contributed by atoms with Crippen LogP contribution in [0.3, 0.4) is 0 Å². The second kappa shape index (κ2) is 6.33. The third-order valence-corrected chi connectivity index (χ3v) is 2.62. The summed E-state index contributed by atoms with van der Waals surface area (Å²) in [5, 5.41) is 10.2. The summed E-state index contributed by atoms with van der Waals surface area (Å²) >= 11 is 0. The van der Waals surface area contributed by atoms with E-state index in [9.17, 15) is 14.7 Å². The van der Waals surface area contributed by atoms with E-state index in [1.54, 1.807) is 13.8 Å². The van der Waals surface area contributed by atoms with E-state index in [1.807, 2.05) is 0 Å². The predicted molar refractivity (Wildman–Crippen MR) is 70.1 cm³/mol.